The van der Waals surface area contributed by atoms with Gasteiger partial charge in [-0.2, -0.15) is 0 Å². The molecule has 5 rings (SSSR count). The molecule has 0 amide bonds. The largest absolute Gasteiger partial charge is 0.459 e. The average molecular weight is 786 g/mol. The van der Waals surface area contributed by atoms with E-state index in [4.69, 9.17) is 37.9 Å². The molecule has 0 aromatic heterocycles. The van der Waals surface area contributed by atoms with Crippen LogP contribution in [0.4, 0.5) is 0 Å². The predicted molar refractivity (Wildman–Crippen MR) is 206 cm³/mol. The third kappa shape index (κ3) is 9.16. The third-order valence-corrected chi connectivity index (χ3v) is 14.0. The normalized spacial score (nSPS) is 49.2. The van der Waals surface area contributed by atoms with Crippen molar-refractivity contribution in [3.63, 3.8) is 0 Å². The van der Waals surface area contributed by atoms with E-state index in [0.717, 1.165) is 0 Å². The number of Topliss-reactive ketones (excluding diaryl/α,β-unsaturated/α-hetero) is 1. The average Bonchev–Trinajstić information content (AvgIpc) is 3.12. The topological polar surface area (TPSA) is 152 Å². The highest BCUT2D eigenvalue weighted by Crippen LogP contribution is 2.48. The first-order valence-corrected chi connectivity index (χ1v) is 20.7. The Morgan fingerprint density at radius 1 is 0.891 bits per heavy atom. The summed E-state index contributed by atoms with van der Waals surface area (Å²) < 4.78 is 51.8. The molecule has 0 aliphatic carbocycles. The minimum atomic E-state index is -1.41. The molecule has 0 aromatic carbocycles. The molecule has 0 aromatic rings. The molecule has 0 saturated carbocycles. The summed E-state index contributed by atoms with van der Waals surface area (Å²) in [6, 6.07) is -0.0545. The second-order valence-corrected chi connectivity index (χ2v) is 18.3. The van der Waals surface area contributed by atoms with Gasteiger partial charge >= 0.3 is 5.97 Å². The van der Waals surface area contributed by atoms with Gasteiger partial charge in [0.1, 0.15) is 18.3 Å². The van der Waals surface area contributed by atoms with Crippen LogP contribution in [-0.2, 0) is 47.5 Å². The molecule has 5 saturated heterocycles. The van der Waals surface area contributed by atoms with Crippen LogP contribution in [-0.4, -0.2) is 138 Å². The van der Waals surface area contributed by atoms with Gasteiger partial charge in [-0.15, -0.1) is 0 Å². The Balaban J connectivity index is 1.88. The van der Waals surface area contributed by atoms with Gasteiger partial charge in [-0.05, 0) is 100 Å². The standard InChI is InChI=1S/C42H75NO12/c1-17-30-42(13,49-16)35(45)24(6)32-22(4)19-41(12,55-27(32)9)37(54-39-33(44)29(18-23(5)50-39)43(14)21(2)3)25(7)34(26(8)38(47)52-30)53-31-20-40(11,48-15)36(46)28(10)51-31/h21-34,36-37,39,44,46H,17-20H2,1-16H3/t22?,23?,24-,25?,26?,27?,28?,29?,30?,31-,32?,33+,34?,36-,37+,39?,40+,41-,42-/m1/s1. The lowest BCUT2D eigenvalue weighted by atomic mass is 9.66. The summed E-state index contributed by atoms with van der Waals surface area (Å²) in [4.78, 5) is 31.1. The summed E-state index contributed by atoms with van der Waals surface area (Å²) in [5, 5.41) is 22.9. The molecule has 2 N–H and O–H groups in total. The molecule has 13 nitrogen and oxygen atoms in total. The number of carbonyl (C=O) groups excluding carboxylic acids is 2. The van der Waals surface area contributed by atoms with Crippen molar-refractivity contribution in [3.8, 4) is 0 Å². The molecule has 11 unspecified atom stereocenters. The Bertz CT molecular complexity index is 1290. The number of likely N-dealkylation sites (N-methyl/N-ethyl adjacent to an activating group) is 1. The summed E-state index contributed by atoms with van der Waals surface area (Å²) in [5.74, 6) is -2.86. The lowest BCUT2D eigenvalue weighted by Crippen LogP contribution is -2.64. The van der Waals surface area contributed by atoms with Crippen LogP contribution in [0.2, 0.25) is 0 Å². The molecule has 5 aliphatic rings. The number of carbonyl (C=O) groups is 2. The fourth-order valence-electron chi connectivity index (χ4n) is 10.4. The van der Waals surface area contributed by atoms with E-state index in [2.05, 4.69) is 25.7 Å². The molecule has 2 bridgehead atoms. The predicted octanol–water partition coefficient (Wildman–Crippen LogP) is 4.90. The minimum absolute atomic E-state index is 0.00293. The van der Waals surface area contributed by atoms with E-state index in [1.165, 1.54) is 7.11 Å². The number of rotatable bonds is 9. The van der Waals surface area contributed by atoms with Crippen molar-refractivity contribution in [1.82, 2.24) is 4.90 Å². The van der Waals surface area contributed by atoms with E-state index < -0.39 is 89.7 Å². The zero-order valence-electron chi connectivity index (χ0n) is 36.6. The summed E-state index contributed by atoms with van der Waals surface area (Å²) in [5.41, 5.74) is -3.38. The quantitative estimate of drug-likeness (QED) is 0.306. The second-order valence-electron chi connectivity index (χ2n) is 18.3. The van der Waals surface area contributed by atoms with Gasteiger partial charge in [0.05, 0.1) is 47.6 Å². The van der Waals surface area contributed by atoms with Crippen LogP contribution >= 0.6 is 0 Å². The van der Waals surface area contributed by atoms with Gasteiger partial charge < -0.3 is 48.1 Å². The molecular weight excluding hydrogens is 710 g/mol. The van der Waals surface area contributed by atoms with Gasteiger partial charge in [0.25, 0.3) is 0 Å². The lowest BCUT2D eigenvalue weighted by Gasteiger charge is -2.54. The third-order valence-electron chi connectivity index (χ3n) is 14.0. The number of aliphatic hydroxyl groups excluding tert-OH is 2. The maximum Gasteiger partial charge on any atom is 0.311 e. The molecule has 5 fully saturated rings. The van der Waals surface area contributed by atoms with Gasteiger partial charge in [-0.1, -0.05) is 27.7 Å². The number of aliphatic hydroxyl groups is 2. The Kier molecular flexibility index (Phi) is 15.1. The van der Waals surface area contributed by atoms with Crippen molar-refractivity contribution in [3.05, 3.63) is 0 Å². The van der Waals surface area contributed by atoms with E-state index in [-0.39, 0.29) is 48.3 Å². The van der Waals surface area contributed by atoms with Crippen molar-refractivity contribution in [2.75, 3.05) is 21.3 Å². The Labute approximate surface area is 330 Å². The minimum Gasteiger partial charge on any atom is -0.459 e. The zero-order chi connectivity index (χ0) is 41.5. The fourth-order valence-corrected chi connectivity index (χ4v) is 10.4. The molecule has 320 valence electrons. The SMILES string of the molecule is CCC1OC(=O)C(C)C(O[C@@H]2C[C@](C)(OC)[C@H](O)C(C)O2)C(C)[C@H](OC2OC(C)CC(N(C)C(C)C)[C@@H]2O)[C@@]2(C)CC(C)C(C(C)O2)[C@@H](C)C(=O)[C@]1(C)OC. The molecule has 5 heterocycles. The van der Waals surface area contributed by atoms with Crippen molar-refractivity contribution in [2.24, 2.45) is 29.6 Å². The number of nitrogens with zero attached hydrogens (tertiary/aromatic N) is 1. The molecule has 13 heteroatoms. The first kappa shape index (κ1) is 46.4. The van der Waals surface area contributed by atoms with Gasteiger partial charge in [0, 0.05) is 44.6 Å². The maximum atomic E-state index is 14.5. The van der Waals surface area contributed by atoms with E-state index >= 15 is 0 Å². The highest BCUT2D eigenvalue weighted by Gasteiger charge is 2.57. The fraction of sp³-hybridized carbons (Fsp3) is 0.952. The Hall–Kier alpha value is -1.26. The monoisotopic (exact) mass is 786 g/mol. The van der Waals surface area contributed by atoms with E-state index in [1.807, 2.05) is 55.5 Å². The van der Waals surface area contributed by atoms with E-state index in [1.54, 1.807) is 27.9 Å². The van der Waals surface area contributed by atoms with Crippen molar-refractivity contribution in [1.29, 1.82) is 0 Å². The van der Waals surface area contributed by atoms with Crippen molar-refractivity contribution in [2.45, 2.75) is 206 Å². The number of methoxy groups -OCH3 is 2. The van der Waals surface area contributed by atoms with E-state index in [0.29, 0.717) is 19.3 Å². The van der Waals surface area contributed by atoms with Gasteiger partial charge in [-0.3, -0.25) is 14.5 Å². The maximum absolute atomic E-state index is 14.5. The van der Waals surface area contributed by atoms with Crippen molar-refractivity contribution < 1.29 is 57.7 Å². The van der Waals surface area contributed by atoms with Crippen LogP contribution in [0.15, 0.2) is 0 Å². The molecule has 5 aliphatic heterocycles. The van der Waals surface area contributed by atoms with E-state index in [9.17, 15) is 19.8 Å². The summed E-state index contributed by atoms with van der Waals surface area (Å²) in [7, 11) is 5.03. The number of hydrogen-bond donors (Lipinski definition) is 2. The Morgan fingerprint density at radius 3 is 2.07 bits per heavy atom. The molecule has 0 radical (unpaired) electrons. The molecule has 55 heavy (non-hydrogen) atoms. The summed E-state index contributed by atoms with van der Waals surface area (Å²) in [6.45, 7) is 25.1. The lowest BCUT2D eigenvalue weighted by molar-refractivity contribution is -0.330. The molecule has 19 atom stereocenters. The number of hydrogen-bond acceptors (Lipinski definition) is 13. The highest BCUT2D eigenvalue weighted by atomic mass is 16.7. The van der Waals surface area contributed by atoms with Gasteiger partial charge in [-0.25, -0.2) is 0 Å². The van der Waals surface area contributed by atoms with Crippen LogP contribution in [0.25, 0.3) is 0 Å². The molecular formula is C42H75NO12. The van der Waals surface area contributed by atoms with Crippen LogP contribution in [0.1, 0.15) is 116 Å². The second kappa shape index (κ2) is 17.9. The first-order valence-electron chi connectivity index (χ1n) is 20.7. The van der Waals surface area contributed by atoms with Crippen molar-refractivity contribution >= 4 is 11.8 Å². The zero-order valence-corrected chi connectivity index (χ0v) is 36.6. The summed E-state index contributed by atoms with van der Waals surface area (Å²) in [6.07, 6.45) is -5.90. The summed E-state index contributed by atoms with van der Waals surface area (Å²) >= 11 is 0. The highest BCUT2D eigenvalue weighted by molar-refractivity contribution is 5.90. The van der Waals surface area contributed by atoms with Crippen LogP contribution in [0.5, 0.6) is 0 Å². The number of esters is 1. The Morgan fingerprint density at radius 2 is 1.53 bits per heavy atom. The van der Waals surface area contributed by atoms with Crippen LogP contribution in [0, 0.1) is 29.6 Å². The first-order chi connectivity index (χ1) is 25.5. The number of fused-ring (bicyclic) bond motifs is 11. The van der Waals surface area contributed by atoms with Crippen LogP contribution < -0.4 is 0 Å². The van der Waals surface area contributed by atoms with Crippen LogP contribution in [0.3, 0.4) is 0 Å². The number of ether oxygens (including phenoxy) is 8. The smallest absolute Gasteiger partial charge is 0.311 e. The van der Waals surface area contributed by atoms with Gasteiger partial charge in [0.2, 0.25) is 0 Å². The molecule has 0 spiro atoms. The van der Waals surface area contributed by atoms with Gasteiger partial charge in [0.15, 0.2) is 24.0 Å². The number of ketones is 1.